The lowest BCUT2D eigenvalue weighted by molar-refractivity contribution is 0.358. The number of hydrazine groups is 1. The van der Waals surface area contributed by atoms with E-state index in [1.54, 1.807) is 6.33 Å². The summed E-state index contributed by atoms with van der Waals surface area (Å²) in [4.78, 5) is 4.37. The summed E-state index contributed by atoms with van der Waals surface area (Å²) in [6.07, 6.45) is 7.40. The third-order valence-corrected chi connectivity index (χ3v) is 4.80. The van der Waals surface area contributed by atoms with Crippen molar-refractivity contribution in [1.82, 2.24) is 20.2 Å². The molecule has 0 spiro atoms. The van der Waals surface area contributed by atoms with Gasteiger partial charge in [-0.1, -0.05) is 6.92 Å². The maximum Gasteiger partial charge on any atom is 0.138 e. The van der Waals surface area contributed by atoms with Gasteiger partial charge in [0.05, 0.1) is 0 Å². The number of aromatic nitrogens is 3. The SMILES string of the molecule is CCCn1ncnc1CC(CC1CCSCC1)NN. The van der Waals surface area contributed by atoms with E-state index in [2.05, 4.69) is 34.2 Å². The fourth-order valence-corrected chi connectivity index (χ4v) is 3.86. The van der Waals surface area contributed by atoms with Crippen molar-refractivity contribution in [3.63, 3.8) is 0 Å². The standard InChI is InChI=1S/C13H25N5S/c1-2-5-18-13(15-10-16-18)9-12(17-14)8-11-3-6-19-7-4-11/h10-12,17H,2-9,14H2,1H3. The van der Waals surface area contributed by atoms with E-state index < -0.39 is 0 Å². The maximum atomic E-state index is 5.72. The van der Waals surface area contributed by atoms with Crippen molar-refractivity contribution in [2.45, 2.75) is 51.6 Å². The van der Waals surface area contributed by atoms with Gasteiger partial charge in [0.1, 0.15) is 12.2 Å². The average Bonchev–Trinajstić information content (AvgIpc) is 2.87. The zero-order valence-corrected chi connectivity index (χ0v) is 12.5. The van der Waals surface area contributed by atoms with E-state index in [1.165, 1.54) is 24.3 Å². The van der Waals surface area contributed by atoms with Crippen LogP contribution in [0.1, 0.15) is 38.4 Å². The summed E-state index contributed by atoms with van der Waals surface area (Å²) in [5, 5.41) is 4.27. The summed E-state index contributed by atoms with van der Waals surface area (Å²) in [6, 6.07) is 0.313. The highest BCUT2D eigenvalue weighted by Crippen LogP contribution is 2.26. The molecule has 1 atom stereocenters. The minimum atomic E-state index is 0.313. The summed E-state index contributed by atoms with van der Waals surface area (Å²) >= 11 is 2.07. The second-order valence-electron chi connectivity index (χ2n) is 5.26. The molecule has 1 aliphatic rings. The van der Waals surface area contributed by atoms with Crippen LogP contribution in [0.3, 0.4) is 0 Å². The fraction of sp³-hybridized carbons (Fsp3) is 0.846. The number of nitrogens with zero attached hydrogens (tertiary/aromatic N) is 3. The molecule has 2 rings (SSSR count). The molecule has 6 heteroatoms. The molecular weight excluding hydrogens is 258 g/mol. The number of rotatable bonds is 7. The van der Waals surface area contributed by atoms with Gasteiger partial charge in [0.25, 0.3) is 0 Å². The van der Waals surface area contributed by atoms with Crippen molar-refractivity contribution in [1.29, 1.82) is 0 Å². The van der Waals surface area contributed by atoms with Crippen LogP contribution in [-0.2, 0) is 13.0 Å². The van der Waals surface area contributed by atoms with Crippen LogP contribution >= 0.6 is 11.8 Å². The summed E-state index contributed by atoms with van der Waals surface area (Å²) < 4.78 is 2.00. The molecule has 0 saturated carbocycles. The minimum absolute atomic E-state index is 0.313. The van der Waals surface area contributed by atoms with Crippen LogP contribution in [0.25, 0.3) is 0 Å². The van der Waals surface area contributed by atoms with Crippen LogP contribution in [-0.4, -0.2) is 32.3 Å². The number of thioether (sulfide) groups is 1. The van der Waals surface area contributed by atoms with Crippen LogP contribution in [0.4, 0.5) is 0 Å². The fourth-order valence-electron chi connectivity index (χ4n) is 2.66. The largest absolute Gasteiger partial charge is 0.271 e. The molecule has 0 aliphatic carbocycles. The Kier molecular flexibility index (Phi) is 6.13. The zero-order chi connectivity index (χ0) is 13.5. The van der Waals surface area contributed by atoms with Gasteiger partial charge in [-0.05, 0) is 43.1 Å². The smallest absolute Gasteiger partial charge is 0.138 e. The number of hydrogen-bond acceptors (Lipinski definition) is 5. The molecule has 1 unspecified atom stereocenters. The van der Waals surface area contributed by atoms with Gasteiger partial charge in [-0.25, -0.2) is 4.98 Å². The maximum absolute atomic E-state index is 5.72. The van der Waals surface area contributed by atoms with Gasteiger partial charge >= 0.3 is 0 Å². The predicted octanol–water partition coefficient (Wildman–Crippen LogP) is 1.60. The van der Waals surface area contributed by atoms with Gasteiger partial charge in [0, 0.05) is 19.0 Å². The van der Waals surface area contributed by atoms with E-state index in [0.29, 0.717) is 6.04 Å². The summed E-state index contributed by atoms with van der Waals surface area (Å²) in [7, 11) is 0. The van der Waals surface area contributed by atoms with Gasteiger partial charge in [-0.3, -0.25) is 16.0 Å². The van der Waals surface area contributed by atoms with Crippen LogP contribution < -0.4 is 11.3 Å². The van der Waals surface area contributed by atoms with Crippen molar-refractivity contribution in [2.24, 2.45) is 11.8 Å². The number of nitrogens with two attached hydrogens (primary N) is 1. The first-order valence-electron chi connectivity index (χ1n) is 7.24. The van der Waals surface area contributed by atoms with Crippen molar-refractivity contribution >= 4 is 11.8 Å². The second kappa shape index (κ2) is 7.87. The molecule has 1 saturated heterocycles. The Balaban J connectivity index is 1.88. The lowest BCUT2D eigenvalue weighted by Gasteiger charge is -2.25. The van der Waals surface area contributed by atoms with Gasteiger partial charge in [0.15, 0.2) is 0 Å². The van der Waals surface area contributed by atoms with Crippen LogP contribution in [0.2, 0.25) is 0 Å². The Morgan fingerprint density at radius 2 is 2.32 bits per heavy atom. The molecule has 0 radical (unpaired) electrons. The molecule has 108 valence electrons. The Morgan fingerprint density at radius 3 is 3.00 bits per heavy atom. The number of nitrogens with one attached hydrogen (secondary N) is 1. The summed E-state index contributed by atoms with van der Waals surface area (Å²) in [5.74, 6) is 10.2. The van der Waals surface area contributed by atoms with E-state index >= 15 is 0 Å². The zero-order valence-electron chi connectivity index (χ0n) is 11.7. The molecule has 1 fully saturated rings. The quantitative estimate of drug-likeness (QED) is 0.587. The highest BCUT2D eigenvalue weighted by molar-refractivity contribution is 7.99. The summed E-state index contributed by atoms with van der Waals surface area (Å²) in [5.41, 5.74) is 2.97. The van der Waals surface area contributed by atoms with Gasteiger partial charge in [0.2, 0.25) is 0 Å². The molecule has 1 aliphatic heterocycles. The first-order chi connectivity index (χ1) is 9.33. The van der Waals surface area contributed by atoms with Crippen molar-refractivity contribution < 1.29 is 0 Å². The van der Waals surface area contributed by atoms with E-state index in [0.717, 1.165) is 37.5 Å². The second-order valence-corrected chi connectivity index (χ2v) is 6.48. The summed E-state index contributed by atoms with van der Waals surface area (Å²) in [6.45, 7) is 3.09. The molecular formula is C13H25N5S. The number of hydrogen-bond donors (Lipinski definition) is 2. The van der Waals surface area contributed by atoms with Crippen LogP contribution in [0.5, 0.6) is 0 Å². The first kappa shape index (κ1) is 14.8. The molecule has 3 N–H and O–H groups in total. The molecule has 0 bridgehead atoms. The topological polar surface area (TPSA) is 68.8 Å². The Labute approximate surface area is 119 Å². The molecule has 5 nitrogen and oxygen atoms in total. The lowest BCUT2D eigenvalue weighted by Crippen LogP contribution is -2.39. The Morgan fingerprint density at radius 1 is 1.53 bits per heavy atom. The molecule has 19 heavy (non-hydrogen) atoms. The van der Waals surface area contributed by atoms with E-state index in [-0.39, 0.29) is 0 Å². The van der Waals surface area contributed by atoms with Gasteiger partial charge in [-0.15, -0.1) is 0 Å². The van der Waals surface area contributed by atoms with E-state index in [1.807, 2.05) is 4.68 Å². The minimum Gasteiger partial charge on any atom is -0.271 e. The van der Waals surface area contributed by atoms with Gasteiger partial charge in [-0.2, -0.15) is 16.9 Å². The Bertz CT molecular complexity index is 362. The highest BCUT2D eigenvalue weighted by atomic mass is 32.2. The molecule has 0 amide bonds. The lowest BCUT2D eigenvalue weighted by atomic mass is 9.93. The first-order valence-corrected chi connectivity index (χ1v) is 8.39. The third-order valence-electron chi connectivity index (χ3n) is 3.75. The van der Waals surface area contributed by atoms with E-state index in [4.69, 9.17) is 5.84 Å². The monoisotopic (exact) mass is 283 g/mol. The molecule has 2 heterocycles. The molecule has 1 aromatic rings. The molecule has 0 aromatic carbocycles. The average molecular weight is 283 g/mol. The molecule has 1 aromatic heterocycles. The van der Waals surface area contributed by atoms with Gasteiger partial charge < -0.3 is 0 Å². The van der Waals surface area contributed by atoms with Crippen molar-refractivity contribution in [2.75, 3.05) is 11.5 Å². The normalized spacial score (nSPS) is 18.6. The third kappa shape index (κ3) is 4.47. The van der Waals surface area contributed by atoms with Crippen molar-refractivity contribution in [3.8, 4) is 0 Å². The number of aryl methyl sites for hydroxylation is 1. The Hall–Kier alpha value is -0.590. The van der Waals surface area contributed by atoms with E-state index in [9.17, 15) is 0 Å². The van der Waals surface area contributed by atoms with Crippen LogP contribution in [0, 0.1) is 5.92 Å². The van der Waals surface area contributed by atoms with Crippen molar-refractivity contribution in [3.05, 3.63) is 12.2 Å². The predicted molar refractivity (Wildman–Crippen MR) is 79.8 cm³/mol. The highest BCUT2D eigenvalue weighted by Gasteiger charge is 2.20. The van der Waals surface area contributed by atoms with Crippen LogP contribution in [0.15, 0.2) is 6.33 Å².